The van der Waals surface area contributed by atoms with Crippen molar-refractivity contribution in [2.75, 3.05) is 24.5 Å². The number of hydrogen-bond acceptors (Lipinski definition) is 5. The van der Waals surface area contributed by atoms with Crippen LogP contribution in [0, 0.1) is 0 Å². The van der Waals surface area contributed by atoms with Crippen molar-refractivity contribution in [3.05, 3.63) is 23.8 Å². The first-order valence-corrected chi connectivity index (χ1v) is 11.8. The Morgan fingerprint density at radius 3 is 2.40 bits per heavy atom. The van der Waals surface area contributed by atoms with E-state index in [9.17, 15) is 18.0 Å². The molecule has 1 aromatic carbocycles. The molecule has 9 heteroatoms. The molecule has 3 rings (SSSR count). The van der Waals surface area contributed by atoms with Crippen LogP contribution in [0.4, 0.5) is 10.5 Å². The van der Waals surface area contributed by atoms with Crippen molar-refractivity contribution in [1.29, 1.82) is 0 Å². The molecule has 2 aliphatic heterocycles. The van der Waals surface area contributed by atoms with Crippen LogP contribution in [0.15, 0.2) is 23.1 Å². The lowest BCUT2D eigenvalue weighted by Crippen LogP contribution is -2.47. The lowest BCUT2D eigenvalue weighted by molar-refractivity contribution is -0.116. The molecular weight excluding hydrogens is 406 g/mol. The number of carbonyl (C=O) groups excluding carboxylic acids is 2. The van der Waals surface area contributed by atoms with Gasteiger partial charge in [-0.25, -0.2) is 13.2 Å². The zero-order chi connectivity index (χ0) is 22.1. The van der Waals surface area contributed by atoms with Crippen LogP contribution in [-0.4, -0.2) is 56.0 Å². The van der Waals surface area contributed by atoms with E-state index in [1.807, 2.05) is 0 Å². The van der Waals surface area contributed by atoms with Gasteiger partial charge in [0, 0.05) is 38.3 Å². The summed E-state index contributed by atoms with van der Waals surface area (Å²) >= 11 is 0. The fourth-order valence-electron chi connectivity index (χ4n) is 3.92. The Kier molecular flexibility index (Phi) is 6.43. The number of fused-ring (bicyclic) bond motifs is 1. The first-order valence-electron chi connectivity index (χ1n) is 10.4. The monoisotopic (exact) mass is 437 g/mol. The summed E-state index contributed by atoms with van der Waals surface area (Å²) in [5, 5.41) is 2.82. The molecule has 30 heavy (non-hydrogen) atoms. The summed E-state index contributed by atoms with van der Waals surface area (Å²) in [5.74, 6) is -0.0360. The number of piperidine rings is 1. The lowest BCUT2D eigenvalue weighted by atomic mass is 10.0. The van der Waals surface area contributed by atoms with Gasteiger partial charge in [0.1, 0.15) is 5.60 Å². The molecule has 1 aromatic rings. The number of sulfonamides is 1. The van der Waals surface area contributed by atoms with Crippen LogP contribution in [0.25, 0.3) is 0 Å². The summed E-state index contributed by atoms with van der Waals surface area (Å²) in [5.41, 5.74) is 1.12. The van der Waals surface area contributed by atoms with Gasteiger partial charge < -0.3 is 15.0 Å². The topological polar surface area (TPSA) is 96.0 Å². The van der Waals surface area contributed by atoms with Crippen LogP contribution in [0.1, 0.15) is 52.5 Å². The second-order valence-corrected chi connectivity index (χ2v) is 10.8. The van der Waals surface area contributed by atoms with Crippen molar-refractivity contribution in [2.45, 2.75) is 69.9 Å². The molecule has 0 atom stereocenters. The molecule has 8 nitrogen and oxygen atoms in total. The van der Waals surface area contributed by atoms with Crippen molar-refractivity contribution in [2.24, 2.45) is 0 Å². The summed E-state index contributed by atoms with van der Waals surface area (Å²) in [7, 11) is -3.63. The summed E-state index contributed by atoms with van der Waals surface area (Å²) in [6, 6.07) is 4.91. The number of hydrogen-bond donors (Lipinski definition) is 1. The minimum atomic E-state index is -3.63. The zero-order valence-electron chi connectivity index (χ0n) is 18.1. The third-order valence-electron chi connectivity index (χ3n) is 5.36. The fourth-order valence-corrected chi connectivity index (χ4v) is 5.45. The molecule has 166 valence electrons. The molecule has 0 radical (unpaired) electrons. The van der Waals surface area contributed by atoms with Crippen LogP contribution < -0.4 is 10.2 Å². The number of rotatable bonds is 3. The smallest absolute Gasteiger partial charge is 0.407 e. The molecule has 1 N–H and O–H groups in total. The maximum absolute atomic E-state index is 13.1. The van der Waals surface area contributed by atoms with Crippen molar-refractivity contribution in [3.63, 3.8) is 0 Å². The standard InChI is InChI=1S/C21H31N3O5S/c1-15(25)24-11-5-6-16-14-18(7-8-19(16)24)30(27,28)23-12-9-17(10-13-23)22-20(26)29-21(2,3)4/h7-8,14,17H,5-6,9-13H2,1-4H3,(H,22,26). The molecule has 0 spiro atoms. The van der Waals surface area contributed by atoms with Gasteiger partial charge in [0.25, 0.3) is 0 Å². The number of alkyl carbamates (subject to hydrolysis) is 1. The molecule has 0 unspecified atom stereocenters. The van der Waals surface area contributed by atoms with Gasteiger partial charge in [0.15, 0.2) is 0 Å². The van der Waals surface area contributed by atoms with E-state index in [0.717, 1.165) is 24.1 Å². The highest BCUT2D eigenvalue weighted by molar-refractivity contribution is 7.89. The van der Waals surface area contributed by atoms with Gasteiger partial charge in [-0.15, -0.1) is 0 Å². The second kappa shape index (κ2) is 8.55. The number of aryl methyl sites for hydroxylation is 1. The molecule has 0 aliphatic carbocycles. The number of ether oxygens (including phenoxy) is 1. The predicted molar refractivity (Wildman–Crippen MR) is 114 cm³/mol. The molecule has 0 saturated carbocycles. The van der Waals surface area contributed by atoms with E-state index < -0.39 is 21.7 Å². The Morgan fingerprint density at radius 2 is 1.80 bits per heavy atom. The molecule has 2 aliphatic rings. The summed E-state index contributed by atoms with van der Waals surface area (Å²) in [6.07, 6.45) is 2.15. The molecular formula is C21H31N3O5S. The summed E-state index contributed by atoms with van der Waals surface area (Å²) < 4.78 is 33.0. The van der Waals surface area contributed by atoms with E-state index in [-0.39, 0.29) is 16.8 Å². The van der Waals surface area contributed by atoms with Crippen LogP contribution in [-0.2, 0) is 26.0 Å². The van der Waals surface area contributed by atoms with Crippen molar-refractivity contribution in [1.82, 2.24) is 9.62 Å². The minimum absolute atomic E-state index is 0.0360. The quantitative estimate of drug-likeness (QED) is 0.784. The lowest BCUT2D eigenvalue weighted by Gasteiger charge is -2.33. The normalized spacial score (nSPS) is 18.6. The largest absolute Gasteiger partial charge is 0.444 e. The van der Waals surface area contributed by atoms with Crippen LogP contribution in [0.3, 0.4) is 0 Å². The fraction of sp³-hybridized carbons (Fsp3) is 0.619. The molecule has 0 aromatic heterocycles. The second-order valence-electron chi connectivity index (χ2n) is 8.89. The highest BCUT2D eigenvalue weighted by atomic mass is 32.2. The Bertz CT molecular complexity index is 915. The number of amides is 2. The van der Waals surface area contributed by atoms with Crippen LogP contribution >= 0.6 is 0 Å². The van der Waals surface area contributed by atoms with E-state index in [1.165, 1.54) is 11.2 Å². The first kappa shape index (κ1) is 22.6. The minimum Gasteiger partial charge on any atom is -0.444 e. The van der Waals surface area contributed by atoms with Gasteiger partial charge in [-0.2, -0.15) is 4.31 Å². The third kappa shape index (κ3) is 5.13. The van der Waals surface area contributed by atoms with Gasteiger partial charge in [-0.1, -0.05) is 0 Å². The highest BCUT2D eigenvalue weighted by Gasteiger charge is 2.32. The van der Waals surface area contributed by atoms with E-state index >= 15 is 0 Å². The zero-order valence-corrected chi connectivity index (χ0v) is 18.9. The molecule has 2 amide bonds. The number of nitrogens with zero attached hydrogens (tertiary/aromatic N) is 2. The maximum Gasteiger partial charge on any atom is 0.407 e. The van der Waals surface area contributed by atoms with E-state index in [2.05, 4.69) is 5.32 Å². The van der Waals surface area contributed by atoms with E-state index in [0.29, 0.717) is 32.5 Å². The maximum atomic E-state index is 13.1. The predicted octanol–water partition coefficient (Wildman–Crippen LogP) is 2.66. The van der Waals surface area contributed by atoms with Crippen molar-refractivity contribution >= 4 is 27.7 Å². The summed E-state index contributed by atoms with van der Waals surface area (Å²) in [4.78, 5) is 25.7. The van der Waals surface area contributed by atoms with E-state index in [4.69, 9.17) is 4.74 Å². The van der Waals surface area contributed by atoms with Crippen molar-refractivity contribution < 1.29 is 22.7 Å². The van der Waals surface area contributed by atoms with Gasteiger partial charge >= 0.3 is 6.09 Å². The summed E-state index contributed by atoms with van der Waals surface area (Å²) in [6.45, 7) is 8.25. The number of anilines is 1. The van der Waals surface area contributed by atoms with Crippen LogP contribution in [0.5, 0.6) is 0 Å². The first-order chi connectivity index (χ1) is 14.0. The highest BCUT2D eigenvalue weighted by Crippen LogP contribution is 2.31. The van der Waals surface area contributed by atoms with Gasteiger partial charge in [0.05, 0.1) is 4.90 Å². The molecule has 1 saturated heterocycles. The average Bonchev–Trinajstić information content (AvgIpc) is 2.65. The van der Waals surface area contributed by atoms with Gasteiger partial charge in [-0.05, 0) is 70.2 Å². The van der Waals surface area contributed by atoms with Crippen molar-refractivity contribution in [3.8, 4) is 0 Å². The molecule has 1 fully saturated rings. The van der Waals surface area contributed by atoms with Gasteiger partial charge in [0.2, 0.25) is 15.9 Å². The van der Waals surface area contributed by atoms with Crippen LogP contribution in [0.2, 0.25) is 0 Å². The number of carbonyl (C=O) groups is 2. The number of benzene rings is 1. The molecule has 2 heterocycles. The Labute approximate surface area is 178 Å². The Morgan fingerprint density at radius 1 is 1.13 bits per heavy atom. The molecule has 0 bridgehead atoms. The third-order valence-corrected chi connectivity index (χ3v) is 7.26. The Hall–Kier alpha value is -2.13. The SMILES string of the molecule is CC(=O)N1CCCc2cc(S(=O)(=O)N3CCC(NC(=O)OC(C)(C)C)CC3)ccc21. The van der Waals surface area contributed by atoms with E-state index in [1.54, 1.807) is 43.9 Å². The van der Waals surface area contributed by atoms with Gasteiger partial charge in [-0.3, -0.25) is 4.79 Å². The average molecular weight is 438 g/mol. The number of nitrogens with one attached hydrogen (secondary N) is 1. The Balaban J connectivity index is 1.66.